The van der Waals surface area contributed by atoms with Gasteiger partial charge in [0.1, 0.15) is 17.3 Å². The Kier molecular flexibility index (Phi) is 5.64. The molecule has 0 N–H and O–H groups in total. The molecule has 0 aromatic heterocycles. The average Bonchev–Trinajstić information content (AvgIpc) is 2.52. The predicted octanol–water partition coefficient (Wildman–Crippen LogP) is 3.79. The first-order valence-corrected chi connectivity index (χ1v) is 8.37. The molecule has 140 valence electrons. The fraction of sp³-hybridized carbons (Fsp3) is 0.450. The van der Waals surface area contributed by atoms with Crippen molar-refractivity contribution in [2.45, 2.75) is 46.1 Å². The maximum Gasteiger partial charge on any atom is 0.337 e. The van der Waals surface area contributed by atoms with Crippen LogP contribution >= 0.6 is 0 Å². The van der Waals surface area contributed by atoms with Gasteiger partial charge in [-0.05, 0) is 52.3 Å². The fourth-order valence-electron chi connectivity index (χ4n) is 3.10. The van der Waals surface area contributed by atoms with Gasteiger partial charge in [0, 0.05) is 17.3 Å². The van der Waals surface area contributed by atoms with E-state index in [4.69, 9.17) is 9.47 Å². The minimum Gasteiger partial charge on any atom is -0.468 e. The Morgan fingerprint density at radius 3 is 2.19 bits per heavy atom. The van der Waals surface area contributed by atoms with Crippen LogP contribution in [0.1, 0.15) is 46.1 Å². The Labute approximate surface area is 152 Å². The zero-order valence-corrected chi connectivity index (χ0v) is 15.9. The van der Waals surface area contributed by atoms with Crippen molar-refractivity contribution in [1.29, 1.82) is 0 Å². The van der Waals surface area contributed by atoms with E-state index < -0.39 is 35.2 Å². The molecule has 1 aliphatic heterocycles. The summed E-state index contributed by atoms with van der Waals surface area (Å²) in [5.74, 6) is -2.89. The van der Waals surface area contributed by atoms with Crippen LogP contribution in [0.2, 0.25) is 0 Å². The average molecular weight is 361 g/mol. The molecule has 0 spiro atoms. The molecule has 0 saturated heterocycles. The number of hydrogen-bond acceptors (Lipinski definition) is 5. The van der Waals surface area contributed by atoms with Crippen molar-refractivity contribution in [1.82, 2.24) is 0 Å². The summed E-state index contributed by atoms with van der Waals surface area (Å²) >= 11 is 0. The lowest BCUT2D eigenvalue weighted by atomic mass is 9.75. The molecule has 5 nitrogen and oxygen atoms in total. The molecule has 0 bridgehead atoms. The van der Waals surface area contributed by atoms with Crippen molar-refractivity contribution < 1.29 is 23.5 Å². The SMILES string of the molecule is COC(=O)C1C(C)=NC(C)=C(C(=O)OC(C)(C)C)C1c1ccc(F)cc1. The Morgan fingerprint density at radius 1 is 1.12 bits per heavy atom. The Morgan fingerprint density at radius 2 is 1.69 bits per heavy atom. The summed E-state index contributed by atoms with van der Waals surface area (Å²) in [6.07, 6.45) is 0. The van der Waals surface area contributed by atoms with Crippen molar-refractivity contribution in [3.8, 4) is 0 Å². The molecule has 6 heteroatoms. The van der Waals surface area contributed by atoms with E-state index in [-0.39, 0.29) is 5.57 Å². The van der Waals surface area contributed by atoms with E-state index >= 15 is 0 Å². The van der Waals surface area contributed by atoms with Crippen LogP contribution in [0.5, 0.6) is 0 Å². The van der Waals surface area contributed by atoms with Crippen LogP contribution in [0.3, 0.4) is 0 Å². The minimum absolute atomic E-state index is 0.285. The highest BCUT2D eigenvalue weighted by Crippen LogP contribution is 2.40. The third kappa shape index (κ3) is 4.18. The molecule has 2 unspecified atom stereocenters. The van der Waals surface area contributed by atoms with Gasteiger partial charge in [0.2, 0.25) is 0 Å². The summed E-state index contributed by atoms with van der Waals surface area (Å²) < 4.78 is 23.8. The molecule has 2 rings (SSSR count). The van der Waals surface area contributed by atoms with Gasteiger partial charge >= 0.3 is 11.9 Å². The lowest BCUT2D eigenvalue weighted by Gasteiger charge is -2.32. The number of aliphatic imine (C=N–C) groups is 1. The van der Waals surface area contributed by atoms with Gasteiger partial charge in [-0.25, -0.2) is 9.18 Å². The largest absolute Gasteiger partial charge is 0.468 e. The lowest BCUT2D eigenvalue weighted by Crippen LogP contribution is -2.37. The molecule has 0 fully saturated rings. The maximum absolute atomic E-state index is 13.4. The van der Waals surface area contributed by atoms with Gasteiger partial charge < -0.3 is 9.47 Å². The number of ether oxygens (including phenoxy) is 2. The van der Waals surface area contributed by atoms with Crippen LogP contribution in [0.25, 0.3) is 0 Å². The fourth-order valence-corrected chi connectivity index (χ4v) is 3.10. The molecule has 1 aliphatic rings. The van der Waals surface area contributed by atoms with Crippen LogP contribution in [0, 0.1) is 11.7 Å². The zero-order valence-electron chi connectivity index (χ0n) is 15.9. The van der Waals surface area contributed by atoms with E-state index in [1.165, 1.54) is 19.2 Å². The van der Waals surface area contributed by atoms with Gasteiger partial charge in [-0.3, -0.25) is 9.79 Å². The standard InChI is InChI=1S/C20H24FNO4/c1-11-15(18(23)25-6)17(13-7-9-14(21)10-8-13)16(12(2)22-11)19(24)26-20(3,4)5/h7-10,15,17H,1-6H3. The second-order valence-electron chi connectivity index (χ2n) is 7.28. The van der Waals surface area contributed by atoms with Gasteiger partial charge in [0.05, 0.1) is 12.7 Å². The Bertz CT molecular complexity index is 772. The molecule has 0 amide bonds. The number of esters is 2. The number of rotatable bonds is 3. The molecule has 1 aromatic carbocycles. The van der Waals surface area contributed by atoms with Gasteiger partial charge in [-0.2, -0.15) is 0 Å². The summed E-state index contributed by atoms with van der Waals surface area (Å²) in [7, 11) is 1.29. The zero-order chi connectivity index (χ0) is 19.6. The van der Waals surface area contributed by atoms with Crippen LogP contribution in [-0.2, 0) is 19.1 Å². The molecule has 1 heterocycles. The summed E-state index contributed by atoms with van der Waals surface area (Å²) in [4.78, 5) is 29.7. The highest BCUT2D eigenvalue weighted by molar-refractivity contribution is 6.07. The van der Waals surface area contributed by atoms with Crippen molar-refractivity contribution in [3.05, 3.63) is 46.9 Å². The Hall–Kier alpha value is -2.50. The van der Waals surface area contributed by atoms with Gasteiger partial charge in [-0.15, -0.1) is 0 Å². The van der Waals surface area contributed by atoms with Gasteiger partial charge in [0.25, 0.3) is 0 Å². The molecular weight excluding hydrogens is 337 g/mol. The lowest BCUT2D eigenvalue weighted by molar-refractivity contribution is -0.150. The second-order valence-corrected chi connectivity index (χ2v) is 7.28. The van der Waals surface area contributed by atoms with E-state index in [1.807, 2.05) is 0 Å². The summed E-state index contributed by atoms with van der Waals surface area (Å²) in [5.41, 5.74) is 1.22. The number of nitrogens with zero attached hydrogens (tertiary/aromatic N) is 1. The predicted molar refractivity (Wildman–Crippen MR) is 96.3 cm³/mol. The first-order chi connectivity index (χ1) is 12.0. The van der Waals surface area contributed by atoms with Crippen molar-refractivity contribution in [3.63, 3.8) is 0 Å². The molecule has 2 atom stereocenters. The highest BCUT2D eigenvalue weighted by Gasteiger charge is 2.42. The van der Waals surface area contributed by atoms with Crippen molar-refractivity contribution in [2.75, 3.05) is 7.11 Å². The number of benzene rings is 1. The third-order valence-corrected chi connectivity index (χ3v) is 4.13. The van der Waals surface area contributed by atoms with Crippen LogP contribution in [0.4, 0.5) is 4.39 Å². The minimum atomic E-state index is -0.781. The number of halogens is 1. The highest BCUT2D eigenvalue weighted by atomic mass is 19.1. The monoisotopic (exact) mass is 361 g/mol. The Balaban J connectivity index is 2.62. The van der Waals surface area contributed by atoms with Crippen LogP contribution in [0.15, 0.2) is 40.5 Å². The van der Waals surface area contributed by atoms with E-state index in [2.05, 4.69) is 4.99 Å². The van der Waals surface area contributed by atoms with E-state index in [0.717, 1.165) is 0 Å². The first-order valence-electron chi connectivity index (χ1n) is 8.37. The molecule has 0 radical (unpaired) electrons. The van der Waals surface area contributed by atoms with E-state index in [0.29, 0.717) is 17.0 Å². The first kappa shape index (κ1) is 19.8. The summed E-state index contributed by atoms with van der Waals surface area (Å²) in [6, 6.07) is 5.72. The maximum atomic E-state index is 13.4. The molecule has 0 saturated carbocycles. The molecular formula is C20H24FNO4. The second kappa shape index (κ2) is 7.40. The molecule has 26 heavy (non-hydrogen) atoms. The quantitative estimate of drug-likeness (QED) is 0.769. The number of carbonyl (C=O) groups is 2. The van der Waals surface area contributed by atoms with Crippen molar-refractivity contribution in [2.24, 2.45) is 10.9 Å². The van der Waals surface area contributed by atoms with Crippen molar-refractivity contribution >= 4 is 17.7 Å². The third-order valence-electron chi connectivity index (χ3n) is 4.13. The van der Waals surface area contributed by atoms with Crippen LogP contribution in [-0.4, -0.2) is 30.4 Å². The number of methoxy groups -OCH3 is 1. The normalized spacial score (nSPS) is 20.5. The van der Waals surface area contributed by atoms with Crippen LogP contribution < -0.4 is 0 Å². The summed E-state index contributed by atoms with van der Waals surface area (Å²) in [5, 5.41) is 0. The molecule has 0 aliphatic carbocycles. The number of hydrogen-bond donors (Lipinski definition) is 0. The van der Waals surface area contributed by atoms with E-state index in [1.54, 1.807) is 46.8 Å². The number of allylic oxidation sites excluding steroid dienone is 1. The molecule has 1 aromatic rings. The van der Waals surface area contributed by atoms with Gasteiger partial charge in [0.15, 0.2) is 0 Å². The topological polar surface area (TPSA) is 65.0 Å². The number of carbonyl (C=O) groups excluding carboxylic acids is 2. The summed E-state index contributed by atoms with van der Waals surface area (Å²) in [6.45, 7) is 8.72. The smallest absolute Gasteiger partial charge is 0.337 e. The van der Waals surface area contributed by atoms with Gasteiger partial charge in [-0.1, -0.05) is 12.1 Å². The van der Waals surface area contributed by atoms with E-state index in [9.17, 15) is 14.0 Å².